The third-order valence-electron chi connectivity index (χ3n) is 4.82. The predicted molar refractivity (Wildman–Crippen MR) is 129 cm³/mol. The zero-order chi connectivity index (χ0) is 21.5. The fourth-order valence-corrected chi connectivity index (χ4v) is 3.62. The van der Waals surface area contributed by atoms with Gasteiger partial charge in [0.15, 0.2) is 11.5 Å². The summed E-state index contributed by atoms with van der Waals surface area (Å²) < 4.78 is 12.9. The lowest BCUT2D eigenvalue weighted by Gasteiger charge is -2.18. The predicted octanol–water partition coefficient (Wildman–Crippen LogP) is 7.34. The van der Waals surface area contributed by atoms with E-state index in [1.807, 2.05) is 61.5 Å². The molecule has 0 bridgehead atoms. The summed E-state index contributed by atoms with van der Waals surface area (Å²) in [4.78, 5) is 0. The molecule has 0 aromatic heterocycles. The molecule has 0 aliphatic heterocycles. The number of rotatable bonds is 9. The minimum atomic E-state index is 0.465. The summed E-state index contributed by atoms with van der Waals surface area (Å²) in [6.07, 6.45) is 2.57. The van der Waals surface area contributed by atoms with Crippen molar-refractivity contribution in [3.63, 3.8) is 0 Å². The molecule has 5 heteroatoms. The van der Waals surface area contributed by atoms with Crippen LogP contribution < -0.4 is 14.8 Å². The van der Waals surface area contributed by atoms with Crippen LogP contribution in [0, 0.1) is 6.92 Å². The van der Waals surface area contributed by atoms with Gasteiger partial charge >= 0.3 is 0 Å². The van der Waals surface area contributed by atoms with Gasteiger partial charge in [0.05, 0.1) is 7.11 Å². The first-order chi connectivity index (χ1) is 14.5. The molecule has 0 radical (unpaired) electrons. The van der Waals surface area contributed by atoms with Gasteiger partial charge in [-0.15, -0.1) is 6.58 Å². The molecule has 0 unspecified atom stereocenters. The Labute approximate surface area is 191 Å². The molecule has 3 rings (SSSR count). The Bertz CT molecular complexity index is 1020. The quantitative estimate of drug-likeness (QED) is 0.321. The van der Waals surface area contributed by atoms with Crippen LogP contribution in [0.2, 0.25) is 5.02 Å². The van der Waals surface area contributed by atoms with Crippen LogP contribution in [0.5, 0.6) is 11.5 Å². The monoisotopic (exact) mass is 485 g/mol. The first-order valence-corrected chi connectivity index (χ1v) is 10.9. The van der Waals surface area contributed by atoms with Gasteiger partial charge in [0, 0.05) is 27.3 Å². The van der Waals surface area contributed by atoms with E-state index in [0.29, 0.717) is 25.3 Å². The Morgan fingerprint density at radius 3 is 2.57 bits per heavy atom. The Morgan fingerprint density at radius 2 is 1.87 bits per heavy atom. The highest BCUT2D eigenvalue weighted by Gasteiger charge is 2.13. The number of hydrogen-bond acceptors (Lipinski definition) is 3. The highest BCUT2D eigenvalue weighted by Crippen LogP contribution is 2.35. The molecule has 30 heavy (non-hydrogen) atoms. The molecule has 0 saturated carbocycles. The largest absolute Gasteiger partial charge is 0.493 e. The van der Waals surface area contributed by atoms with Crippen LogP contribution in [0.3, 0.4) is 0 Å². The number of hydrogen-bond donors (Lipinski definition) is 1. The number of allylic oxidation sites excluding steroid dienone is 1. The molecule has 0 aliphatic rings. The third-order valence-corrected chi connectivity index (χ3v) is 5.76. The topological polar surface area (TPSA) is 30.5 Å². The van der Waals surface area contributed by atoms with E-state index in [9.17, 15) is 0 Å². The molecule has 0 saturated heterocycles. The number of anilines is 1. The molecule has 0 fully saturated rings. The first kappa shape index (κ1) is 22.3. The zero-order valence-electron chi connectivity index (χ0n) is 17.2. The molecule has 1 N–H and O–H groups in total. The summed E-state index contributed by atoms with van der Waals surface area (Å²) in [5.74, 6) is 1.47. The maximum Gasteiger partial charge on any atom is 0.165 e. The van der Waals surface area contributed by atoms with Crippen LogP contribution in [0.1, 0.15) is 22.3 Å². The summed E-state index contributed by atoms with van der Waals surface area (Å²) in [6, 6.07) is 18.1. The highest BCUT2D eigenvalue weighted by atomic mass is 79.9. The minimum absolute atomic E-state index is 0.465. The van der Waals surface area contributed by atoms with E-state index in [-0.39, 0.29) is 0 Å². The SMILES string of the molecule is C=CCc1cc(CNc2cccc(Cl)c2C)cc(OC)c1OCc1ccc(Br)cc1. The van der Waals surface area contributed by atoms with Gasteiger partial charge in [-0.1, -0.05) is 51.8 Å². The number of ether oxygens (including phenoxy) is 2. The Hall–Kier alpha value is -2.43. The number of halogens is 2. The van der Waals surface area contributed by atoms with Gasteiger partial charge in [-0.3, -0.25) is 0 Å². The smallest absolute Gasteiger partial charge is 0.165 e. The zero-order valence-corrected chi connectivity index (χ0v) is 19.5. The number of nitrogens with one attached hydrogen (secondary N) is 1. The van der Waals surface area contributed by atoms with E-state index in [1.54, 1.807) is 7.11 Å². The van der Waals surface area contributed by atoms with Gasteiger partial charge in [0.2, 0.25) is 0 Å². The fraction of sp³-hybridized carbons (Fsp3) is 0.200. The van der Waals surface area contributed by atoms with Crippen molar-refractivity contribution in [1.82, 2.24) is 0 Å². The van der Waals surface area contributed by atoms with Crippen molar-refractivity contribution in [2.45, 2.75) is 26.5 Å². The van der Waals surface area contributed by atoms with Gasteiger partial charge in [-0.25, -0.2) is 0 Å². The van der Waals surface area contributed by atoms with Crippen LogP contribution in [0.4, 0.5) is 5.69 Å². The van der Waals surface area contributed by atoms with Gasteiger partial charge < -0.3 is 14.8 Å². The van der Waals surface area contributed by atoms with Gasteiger partial charge in [0.25, 0.3) is 0 Å². The van der Waals surface area contributed by atoms with Crippen molar-refractivity contribution in [3.05, 3.63) is 99.0 Å². The number of benzene rings is 3. The second-order valence-electron chi connectivity index (χ2n) is 6.96. The van der Waals surface area contributed by atoms with Crippen molar-refractivity contribution in [1.29, 1.82) is 0 Å². The molecule has 3 nitrogen and oxygen atoms in total. The molecule has 0 atom stereocenters. The summed E-state index contributed by atoms with van der Waals surface area (Å²) >= 11 is 9.69. The minimum Gasteiger partial charge on any atom is -0.493 e. The molecule has 0 aliphatic carbocycles. The van der Waals surface area contributed by atoms with E-state index < -0.39 is 0 Å². The van der Waals surface area contributed by atoms with Gasteiger partial charge in [-0.05, 0) is 66.4 Å². The molecule has 156 valence electrons. The van der Waals surface area contributed by atoms with Crippen molar-refractivity contribution in [2.24, 2.45) is 0 Å². The molecule has 3 aromatic carbocycles. The van der Waals surface area contributed by atoms with E-state index in [2.05, 4.69) is 33.9 Å². The van der Waals surface area contributed by atoms with Crippen LogP contribution in [0.25, 0.3) is 0 Å². The van der Waals surface area contributed by atoms with E-state index in [4.69, 9.17) is 21.1 Å². The van der Waals surface area contributed by atoms with Gasteiger partial charge in [0.1, 0.15) is 6.61 Å². The molecular formula is C25H25BrClNO2. The molecule has 0 amide bonds. The average molecular weight is 487 g/mol. The number of methoxy groups -OCH3 is 1. The molecule has 0 heterocycles. The van der Waals surface area contributed by atoms with E-state index in [1.165, 1.54) is 0 Å². The first-order valence-electron chi connectivity index (χ1n) is 9.68. The molecule has 3 aromatic rings. The lowest BCUT2D eigenvalue weighted by Crippen LogP contribution is -2.05. The summed E-state index contributed by atoms with van der Waals surface area (Å²) in [5, 5.41) is 4.21. The van der Waals surface area contributed by atoms with Gasteiger partial charge in [-0.2, -0.15) is 0 Å². The van der Waals surface area contributed by atoms with Crippen LogP contribution in [-0.4, -0.2) is 7.11 Å². The van der Waals surface area contributed by atoms with E-state index in [0.717, 1.165) is 43.2 Å². The summed E-state index contributed by atoms with van der Waals surface area (Å²) in [7, 11) is 1.66. The second-order valence-corrected chi connectivity index (χ2v) is 8.28. The highest BCUT2D eigenvalue weighted by molar-refractivity contribution is 9.10. The second kappa shape index (κ2) is 10.6. The van der Waals surface area contributed by atoms with Crippen molar-refractivity contribution in [3.8, 4) is 11.5 Å². The third kappa shape index (κ3) is 5.59. The van der Waals surface area contributed by atoms with Crippen LogP contribution in [-0.2, 0) is 19.6 Å². The Kier molecular flexibility index (Phi) is 7.83. The maximum atomic E-state index is 6.23. The normalized spacial score (nSPS) is 10.5. The Morgan fingerprint density at radius 1 is 1.10 bits per heavy atom. The van der Waals surface area contributed by atoms with Crippen LogP contribution in [0.15, 0.2) is 71.7 Å². The van der Waals surface area contributed by atoms with Crippen LogP contribution >= 0.6 is 27.5 Å². The van der Waals surface area contributed by atoms with Crippen molar-refractivity contribution >= 4 is 33.2 Å². The van der Waals surface area contributed by atoms with Crippen molar-refractivity contribution < 1.29 is 9.47 Å². The lowest BCUT2D eigenvalue weighted by atomic mass is 10.0. The Balaban J connectivity index is 1.82. The molecular weight excluding hydrogens is 462 g/mol. The fourth-order valence-electron chi connectivity index (χ4n) is 3.18. The lowest BCUT2D eigenvalue weighted by molar-refractivity contribution is 0.281. The van der Waals surface area contributed by atoms with E-state index >= 15 is 0 Å². The molecule has 0 spiro atoms. The summed E-state index contributed by atoms with van der Waals surface area (Å²) in [6.45, 7) is 7.01. The average Bonchev–Trinajstić information content (AvgIpc) is 2.75. The van der Waals surface area contributed by atoms with Crippen molar-refractivity contribution in [2.75, 3.05) is 12.4 Å². The maximum absolute atomic E-state index is 6.23. The summed E-state index contributed by atoms with van der Waals surface area (Å²) in [5.41, 5.74) is 5.28. The standard InChI is InChI=1S/C25H25BrClNO2/c1-4-6-20-13-19(15-28-23-8-5-7-22(27)17(23)2)14-24(29-3)25(20)30-16-18-9-11-21(26)12-10-18/h4-5,7-14,28H,1,6,15-16H2,2-3H3.